The Morgan fingerprint density at radius 3 is 2.73 bits per heavy atom. The molecule has 168 valence electrons. The number of anilines is 1. The van der Waals surface area contributed by atoms with Crippen LogP contribution in [0.2, 0.25) is 0 Å². The molecule has 1 saturated heterocycles. The SMILES string of the molecule is CCc1ccc(/C=C2\SC(=O)N(CCCC(=O)Nc3cccc(-c4nnn[nH]4)c3)C2=O)cc1. The number of nitrogens with zero attached hydrogens (tertiary/aromatic N) is 4. The number of rotatable bonds is 8. The molecule has 0 spiro atoms. The second-order valence-corrected chi connectivity index (χ2v) is 8.40. The van der Waals surface area contributed by atoms with Crippen LogP contribution in [0.4, 0.5) is 10.5 Å². The first-order valence-electron chi connectivity index (χ1n) is 10.5. The average molecular weight is 463 g/mol. The van der Waals surface area contributed by atoms with E-state index in [1.807, 2.05) is 30.3 Å². The Kier molecular flexibility index (Phi) is 6.94. The molecule has 0 aliphatic carbocycles. The summed E-state index contributed by atoms with van der Waals surface area (Å²) < 4.78 is 0. The molecule has 9 nitrogen and oxygen atoms in total. The summed E-state index contributed by atoms with van der Waals surface area (Å²) in [5.74, 6) is -0.0282. The van der Waals surface area contributed by atoms with E-state index in [4.69, 9.17) is 0 Å². The van der Waals surface area contributed by atoms with Crippen molar-refractivity contribution in [1.82, 2.24) is 25.5 Å². The topological polar surface area (TPSA) is 121 Å². The van der Waals surface area contributed by atoms with Crippen LogP contribution in [0, 0.1) is 0 Å². The molecule has 2 heterocycles. The predicted molar refractivity (Wildman–Crippen MR) is 126 cm³/mol. The summed E-state index contributed by atoms with van der Waals surface area (Å²) in [7, 11) is 0. The lowest BCUT2D eigenvalue weighted by Gasteiger charge is -2.12. The minimum absolute atomic E-state index is 0.174. The van der Waals surface area contributed by atoms with Crippen LogP contribution in [-0.4, -0.2) is 49.1 Å². The second-order valence-electron chi connectivity index (χ2n) is 7.41. The monoisotopic (exact) mass is 462 g/mol. The number of tetrazole rings is 1. The number of benzene rings is 2. The van der Waals surface area contributed by atoms with Crippen LogP contribution in [0.15, 0.2) is 53.4 Å². The van der Waals surface area contributed by atoms with Crippen molar-refractivity contribution in [3.8, 4) is 11.4 Å². The molecule has 0 bridgehead atoms. The number of aromatic nitrogens is 4. The summed E-state index contributed by atoms with van der Waals surface area (Å²) in [4.78, 5) is 38.9. The van der Waals surface area contributed by atoms with Crippen LogP contribution in [0.25, 0.3) is 17.5 Å². The van der Waals surface area contributed by atoms with Gasteiger partial charge in [0.05, 0.1) is 4.91 Å². The first-order valence-corrected chi connectivity index (χ1v) is 11.3. The zero-order valence-corrected chi connectivity index (χ0v) is 18.8. The van der Waals surface area contributed by atoms with Gasteiger partial charge < -0.3 is 5.32 Å². The number of thioether (sulfide) groups is 1. The van der Waals surface area contributed by atoms with Gasteiger partial charge in [0.2, 0.25) is 5.91 Å². The van der Waals surface area contributed by atoms with E-state index in [-0.39, 0.29) is 30.0 Å². The summed E-state index contributed by atoms with van der Waals surface area (Å²) in [5.41, 5.74) is 3.43. The molecule has 2 aromatic carbocycles. The molecule has 2 N–H and O–H groups in total. The van der Waals surface area contributed by atoms with E-state index in [1.54, 1.807) is 24.3 Å². The highest BCUT2D eigenvalue weighted by atomic mass is 32.2. The minimum Gasteiger partial charge on any atom is -0.326 e. The zero-order valence-electron chi connectivity index (χ0n) is 17.9. The van der Waals surface area contributed by atoms with Crippen molar-refractivity contribution in [2.75, 3.05) is 11.9 Å². The van der Waals surface area contributed by atoms with Gasteiger partial charge in [0.1, 0.15) is 0 Å². The summed E-state index contributed by atoms with van der Waals surface area (Å²) in [6.07, 6.45) is 3.21. The second kappa shape index (κ2) is 10.2. The van der Waals surface area contributed by atoms with Gasteiger partial charge in [-0.05, 0) is 64.4 Å². The van der Waals surface area contributed by atoms with Crippen molar-refractivity contribution in [2.24, 2.45) is 0 Å². The minimum atomic E-state index is -0.321. The largest absolute Gasteiger partial charge is 0.326 e. The van der Waals surface area contributed by atoms with Gasteiger partial charge in [-0.2, -0.15) is 0 Å². The molecular formula is C23H22N6O3S. The number of hydrogen-bond acceptors (Lipinski definition) is 7. The molecule has 33 heavy (non-hydrogen) atoms. The van der Waals surface area contributed by atoms with Crippen molar-refractivity contribution >= 4 is 40.6 Å². The Morgan fingerprint density at radius 2 is 2.00 bits per heavy atom. The molecule has 0 saturated carbocycles. The Balaban J connectivity index is 1.29. The number of imide groups is 1. The summed E-state index contributed by atoms with van der Waals surface area (Å²) in [5, 5.41) is 16.1. The number of nitrogens with one attached hydrogen (secondary N) is 2. The van der Waals surface area contributed by atoms with E-state index in [0.29, 0.717) is 22.8 Å². The molecule has 0 radical (unpaired) electrons. The fraction of sp³-hybridized carbons (Fsp3) is 0.217. The van der Waals surface area contributed by atoms with Gasteiger partial charge in [-0.1, -0.05) is 43.3 Å². The highest BCUT2D eigenvalue weighted by molar-refractivity contribution is 8.18. The fourth-order valence-corrected chi connectivity index (χ4v) is 4.21. The zero-order chi connectivity index (χ0) is 23.2. The number of aryl methyl sites for hydroxylation is 1. The molecule has 1 fully saturated rings. The quantitative estimate of drug-likeness (QED) is 0.487. The maximum absolute atomic E-state index is 12.7. The van der Waals surface area contributed by atoms with Crippen molar-refractivity contribution in [1.29, 1.82) is 0 Å². The summed E-state index contributed by atoms with van der Waals surface area (Å²) in [6, 6.07) is 15.0. The lowest BCUT2D eigenvalue weighted by molar-refractivity contribution is -0.123. The maximum Gasteiger partial charge on any atom is 0.293 e. The molecule has 4 rings (SSSR count). The average Bonchev–Trinajstić information content (AvgIpc) is 3.44. The summed E-state index contributed by atoms with van der Waals surface area (Å²) >= 11 is 0.927. The Morgan fingerprint density at radius 1 is 1.18 bits per heavy atom. The van der Waals surface area contributed by atoms with E-state index in [9.17, 15) is 14.4 Å². The number of aromatic amines is 1. The highest BCUT2D eigenvalue weighted by Gasteiger charge is 2.34. The highest BCUT2D eigenvalue weighted by Crippen LogP contribution is 2.32. The van der Waals surface area contributed by atoms with Crippen molar-refractivity contribution in [3.63, 3.8) is 0 Å². The Labute approximate surface area is 194 Å². The first-order chi connectivity index (χ1) is 16.0. The van der Waals surface area contributed by atoms with Crippen LogP contribution in [0.5, 0.6) is 0 Å². The fourth-order valence-electron chi connectivity index (χ4n) is 3.34. The van der Waals surface area contributed by atoms with Gasteiger partial charge in [-0.3, -0.25) is 19.3 Å². The van der Waals surface area contributed by atoms with E-state index < -0.39 is 0 Å². The number of amides is 3. The lowest BCUT2D eigenvalue weighted by Crippen LogP contribution is -2.29. The van der Waals surface area contributed by atoms with Gasteiger partial charge in [0.15, 0.2) is 5.82 Å². The van der Waals surface area contributed by atoms with E-state index in [1.165, 1.54) is 10.5 Å². The van der Waals surface area contributed by atoms with Gasteiger partial charge in [0.25, 0.3) is 11.1 Å². The first kappa shape index (κ1) is 22.4. The van der Waals surface area contributed by atoms with Crippen molar-refractivity contribution in [2.45, 2.75) is 26.2 Å². The van der Waals surface area contributed by atoms with Gasteiger partial charge in [-0.15, -0.1) is 5.10 Å². The van der Waals surface area contributed by atoms with E-state index in [2.05, 4.69) is 32.9 Å². The molecule has 1 aliphatic rings. The van der Waals surface area contributed by atoms with Crippen molar-refractivity contribution in [3.05, 3.63) is 64.6 Å². The lowest BCUT2D eigenvalue weighted by atomic mass is 10.1. The third-order valence-electron chi connectivity index (χ3n) is 5.11. The Hall–Kier alpha value is -3.79. The van der Waals surface area contributed by atoms with Crippen LogP contribution in [-0.2, 0) is 16.0 Å². The molecule has 1 aliphatic heterocycles. The number of carbonyl (C=O) groups is 3. The normalized spacial score (nSPS) is 14.8. The van der Waals surface area contributed by atoms with Crippen LogP contribution < -0.4 is 5.32 Å². The molecule has 10 heteroatoms. The van der Waals surface area contributed by atoms with Crippen LogP contribution in [0.1, 0.15) is 30.9 Å². The predicted octanol–water partition coefficient (Wildman–Crippen LogP) is 3.88. The van der Waals surface area contributed by atoms with Gasteiger partial charge >= 0.3 is 0 Å². The van der Waals surface area contributed by atoms with E-state index in [0.717, 1.165) is 29.3 Å². The third kappa shape index (κ3) is 5.53. The van der Waals surface area contributed by atoms with E-state index >= 15 is 0 Å². The molecule has 1 aromatic heterocycles. The molecule has 0 atom stereocenters. The Bertz CT molecular complexity index is 1190. The number of hydrogen-bond donors (Lipinski definition) is 2. The molecule has 3 aromatic rings. The van der Waals surface area contributed by atoms with Crippen molar-refractivity contribution < 1.29 is 14.4 Å². The molecule has 3 amide bonds. The molecule has 0 unspecified atom stereocenters. The number of H-pyrrole nitrogens is 1. The summed E-state index contributed by atoms with van der Waals surface area (Å²) in [6.45, 7) is 2.27. The van der Waals surface area contributed by atoms with Crippen LogP contribution >= 0.6 is 11.8 Å². The standard InChI is InChI=1S/C23H22N6O3S/c1-2-15-8-10-16(11-9-15)13-19-22(31)29(23(32)33-19)12-4-7-20(30)24-18-6-3-5-17(14-18)21-25-27-28-26-21/h3,5-6,8-11,13-14H,2,4,7,12H2,1H3,(H,24,30)(H,25,26,27,28)/b19-13-. The van der Waals surface area contributed by atoms with Crippen LogP contribution in [0.3, 0.4) is 0 Å². The van der Waals surface area contributed by atoms with Gasteiger partial charge in [0, 0.05) is 24.2 Å². The van der Waals surface area contributed by atoms with Gasteiger partial charge in [-0.25, -0.2) is 5.10 Å². The maximum atomic E-state index is 12.7. The number of carbonyl (C=O) groups excluding carboxylic acids is 3. The smallest absolute Gasteiger partial charge is 0.293 e. The molecular weight excluding hydrogens is 440 g/mol. The third-order valence-corrected chi connectivity index (χ3v) is 6.02.